The predicted molar refractivity (Wildman–Crippen MR) is 245 cm³/mol. The molecular formula is C54H51BN2. The van der Waals surface area contributed by atoms with Gasteiger partial charge in [-0.2, -0.15) is 0 Å². The monoisotopic (exact) mass is 738 g/mol. The summed E-state index contributed by atoms with van der Waals surface area (Å²) in [5.41, 5.74) is 21.7. The maximum absolute atomic E-state index is 2.89. The summed E-state index contributed by atoms with van der Waals surface area (Å²) in [4.78, 5) is 5.60. The van der Waals surface area contributed by atoms with Crippen molar-refractivity contribution in [3.63, 3.8) is 0 Å². The summed E-state index contributed by atoms with van der Waals surface area (Å²) in [6.07, 6.45) is 4.92. The van der Waals surface area contributed by atoms with Crippen molar-refractivity contribution in [1.82, 2.24) is 0 Å². The zero-order valence-electron chi connectivity index (χ0n) is 34.5. The van der Waals surface area contributed by atoms with Gasteiger partial charge in [-0.3, -0.25) is 0 Å². The first kappa shape index (κ1) is 34.7. The van der Waals surface area contributed by atoms with Crippen molar-refractivity contribution in [3.8, 4) is 33.4 Å². The average Bonchev–Trinajstić information content (AvgIpc) is 3.42. The van der Waals surface area contributed by atoms with Gasteiger partial charge in [0.25, 0.3) is 0 Å². The predicted octanol–water partition coefficient (Wildman–Crippen LogP) is 13.1. The van der Waals surface area contributed by atoms with E-state index in [1.54, 1.807) is 5.56 Å². The van der Waals surface area contributed by atoms with Gasteiger partial charge in [0.05, 0.1) is 5.54 Å². The molecular weight excluding hydrogens is 687 g/mol. The molecule has 0 radical (unpaired) electrons. The van der Waals surface area contributed by atoms with Gasteiger partial charge in [0.15, 0.2) is 0 Å². The quantitative estimate of drug-likeness (QED) is 0.167. The van der Waals surface area contributed by atoms with Crippen LogP contribution in [0.15, 0.2) is 133 Å². The molecule has 0 spiro atoms. The first-order valence-electron chi connectivity index (χ1n) is 21.2. The number of hydrogen-bond donors (Lipinski definition) is 0. The van der Waals surface area contributed by atoms with Gasteiger partial charge in [0, 0.05) is 33.7 Å². The van der Waals surface area contributed by atoms with Crippen LogP contribution >= 0.6 is 0 Å². The second-order valence-corrected chi connectivity index (χ2v) is 19.0. The van der Waals surface area contributed by atoms with E-state index in [4.69, 9.17) is 0 Å². The minimum Gasteiger partial charge on any atom is -0.376 e. The lowest BCUT2D eigenvalue weighted by atomic mass is 9.43. The molecule has 2 nitrogen and oxygen atoms in total. The molecule has 2 atom stereocenters. The third-order valence-electron chi connectivity index (χ3n) is 14.8. The molecule has 0 N–H and O–H groups in total. The topological polar surface area (TPSA) is 6.48 Å². The maximum Gasteiger partial charge on any atom is 0.333 e. The molecule has 11 rings (SSSR count). The minimum absolute atomic E-state index is 0.000639. The second-order valence-electron chi connectivity index (χ2n) is 19.0. The molecule has 1 fully saturated rings. The van der Waals surface area contributed by atoms with Gasteiger partial charge >= 0.3 is 6.85 Å². The molecule has 1 saturated carbocycles. The first-order chi connectivity index (χ1) is 27.5. The average molecular weight is 739 g/mol. The summed E-state index contributed by atoms with van der Waals surface area (Å²) in [6.45, 7) is 17.0. The Labute approximate surface area is 339 Å². The van der Waals surface area contributed by atoms with Crippen LogP contribution in [-0.4, -0.2) is 12.4 Å². The number of aryl methyl sites for hydroxylation is 2. The van der Waals surface area contributed by atoms with E-state index in [1.165, 1.54) is 120 Å². The normalized spacial score (nSPS) is 20.3. The van der Waals surface area contributed by atoms with Crippen LogP contribution in [0, 0.1) is 13.8 Å². The molecule has 1 aliphatic carbocycles. The molecule has 3 aliphatic heterocycles. The second kappa shape index (κ2) is 12.0. The van der Waals surface area contributed by atoms with Crippen molar-refractivity contribution in [2.75, 3.05) is 9.71 Å². The van der Waals surface area contributed by atoms with Crippen molar-refractivity contribution < 1.29 is 0 Å². The highest BCUT2D eigenvalue weighted by Gasteiger charge is 2.62. The highest BCUT2D eigenvalue weighted by Crippen LogP contribution is 2.63. The third-order valence-corrected chi connectivity index (χ3v) is 14.8. The van der Waals surface area contributed by atoms with Crippen LogP contribution in [0.4, 0.5) is 22.7 Å². The molecule has 3 heterocycles. The molecule has 0 saturated heterocycles. The lowest BCUT2D eigenvalue weighted by molar-refractivity contribution is 0.195. The molecule has 7 aromatic carbocycles. The summed E-state index contributed by atoms with van der Waals surface area (Å²) >= 11 is 0. The number of hydrogen-bond acceptors (Lipinski definition) is 2. The Bertz CT molecular complexity index is 2770. The van der Waals surface area contributed by atoms with Crippen molar-refractivity contribution >= 4 is 51.3 Å². The zero-order chi connectivity index (χ0) is 39.0. The minimum atomic E-state index is -0.0528. The molecule has 4 aliphatic rings. The van der Waals surface area contributed by atoms with Crippen LogP contribution in [-0.2, 0) is 10.8 Å². The standard InChI is InChI=1S/C54H51BN2/c1-34-16-15-17-35(2)49(34)40-29-44-43-28-38-20-11-12-21-39(38)30-47(43)57(42-24-22-37(23-25-42)36-18-9-8-10-19-36)55-46-33-41(52(3,4)5)32-45-51(46)56(48(31-40)50(44)55)54(7)27-14-13-26-53(45,54)6/h8-12,15-25,28-33H,13-14,26-27H2,1-7H3. The molecule has 0 aromatic heterocycles. The smallest absolute Gasteiger partial charge is 0.333 e. The number of rotatable bonds is 3. The Morgan fingerprint density at radius 1 is 0.596 bits per heavy atom. The van der Waals surface area contributed by atoms with E-state index < -0.39 is 0 Å². The van der Waals surface area contributed by atoms with Crippen molar-refractivity contribution in [3.05, 3.63) is 156 Å². The summed E-state index contributed by atoms with van der Waals surface area (Å²) in [6, 6.07) is 51.3. The Kier molecular flexibility index (Phi) is 7.30. The summed E-state index contributed by atoms with van der Waals surface area (Å²) in [5.74, 6) is 0. The van der Waals surface area contributed by atoms with Gasteiger partial charge in [-0.25, -0.2) is 0 Å². The summed E-state index contributed by atoms with van der Waals surface area (Å²) < 4.78 is 0. The fourth-order valence-electron chi connectivity index (χ4n) is 11.6. The Balaban J connectivity index is 1.29. The first-order valence-corrected chi connectivity index (χ1v) is 21.2. The fraction of sp³-hybridized carbons (Fsp3) is 0.259. The Morgan fingerprint density at radius 2 is 1.26 bits per heavy atom. The molecule has 57 heavy (non-hydrogen) atoms. The van der Waals surface area contributed by atoms with Crippen molar-refractivity contribution in [1.29, 1.82) is 0 Å². The van der Waals surface area contributed by atoms with Gasteiger partial charge < -0.3 is 9.71 Å². The summed E-state index contributed by atoms with van der Waals surface area (Å²) in [7, 11) is 0. The van der Waals surface area contributed by atoms with Crippen LogP contribution < -0.4 is 20.6 Å². The molecule has 3 heteroatoms. The van der Waals surface area contributed by atoms with Gasteiger partial charge in [0.1, 0.15) is 0 Å². The van der Waals surface area contributed by atoms with E-state index in [9.17, 15) is 0 Å². The van der Waals surface area contributed by atoms with E-state index in [2.05, 4.69) is 192 Å². The van der Waals surface area contributed by atoms with Crippen molar-refractivity contribution in [2.45, 2.75) is 90.5 Å². The number of fused-ring (bicyclic) bond motifs is 8. The number of nitrogens with zero attached hydrogens (tertiary/aromatic N) is 2. The van der Waals surface area contributed by atoms with E-state index in [0.717, 1.165) is 0 Å². The Hall–Kier alpha value is -5.54. The van der Waals surface area contributed by atoms with Gasteiger partial charge in [0.2, 0.25) is 0 Å². The van der Waals surface area contributed by atoms with Gasteiger partial charge in [-0.05, 0) is 147 Å². The van der Waals surface area contributed by atoms with Crippen LogP contribution in [0.1, 0.15) is 82.6 Å². The van der Waals surface area contributed by atoms with Crippen LogP contribution in [0.2, 0.25) is 0 Å². The van der Waals surface area contributed by atoms with Crippen LogP contribution in [0.5, 0.6) is 0 Å². The fourth-order valence-corrected chi connectivity index (χ4v) is 11.6. The molecule has 280 valence electrons. The van der Waals surface area contributed by atoms with Crippen LogP contribution in [0.3, 0.4) is 0 Å². The lowest BCUT2D eigenvalue weighted by Gasteiger charge is -2.53. The van der Waals surface area contributed by atoms with Crippen molar-refractivity contribution in [2.24, 2.45) is 0 Å². The highest BCUT2D eigenvalue weighted by atomic mass is 15.3. The van der Waals surface area contributed by atoms with E-state index in [0.29, 0.717) is 0 Å². The molecule has 0 amide bonds. The third kappa shape index (κ3) is 4.78. The van der Waals surface area contributed by atoms with Gasteiger partial charge in [-0.15, -0.1) is 0 Å². The largest absolute Gasteiger partial charge is 0.376 e. The van der Waals surface area contributed by atoms with Crippen LogP contribution in [0.25, 0.3) is 44.2 Å². The van der Waals surface area contributed by atoms with E-state index in [-0.39, 0.29) is 23.2 Å². The van der Waals surface area contributed by atoms with E-state index >= 15 is 0 Å². The summed E-state index contributed by atoms with van der Waals surface area (Å²) in [5, 5.41) is 2.55. The van der Waals surface area contributed by atoms with E-state index in [1.807, 2.05) is 0 Å². The highest BCUT2D eigenvalue weighted by molar-refractivity contribution is 6.93. The lowest BCUT2D eigenvalue weighted by Crippen LogP contribution is -2.64. The Morgan fingerprint density at radius 3 is 1.98 bits per heavy atom. The maximum atomic E-state index is 2.89. The molecule has 7 aromatic rings. The molecule has 2 unspecified atom stereocenters. The number of benzene rings is 7. The number of anilines is 4. The van der Waals surface area contributed by atoms with Gasteiger partial charge in [-0.1, -0.05) is 138 Å². The SMILES string of the molecule is Cc1cccc(C)c1-c1cc2c3c(c1)N1c4c(cc(C(C)(C)C)cc4C4(C)CCCCC14C)B3N(c1ccc(-c3ccccc3)cc1)c1cc3ccccc3cc1-2. The molecule has 0 bridgehead atoms. The zero-order valence-corrected chi connectivity index (χ0v) is 34.5.